The predicted molar refractivity (Wildman–Crippen MR) is 83.7 cm³/mol. The molecule has 0 radical (unpaired) electrons. The van der Waals surface area contributed by atoms with Crippen molar-refractivity contribution in [3.8, 4) is 0 Å². The Kier molecular flexibility index (Phi) is 6.46. The quantitative estimate of drug-likeness (QED) is 0.666. The molecule has 0 amide bonds. The molecule has 0 aromatic carbocycles. The molecule has 0 aliphatic heterocycles. The summed E-state index contributed by atoms with van der Waals surface area (Å²) in [5, 5.41) is 18.4. The molecule has 0 aliphatic rings. The van der Waals surface area contributed by atoms with Crippen molar-refractivity contribution >= 4 is 20.0 Å². The molecule has 0 fully saturated rings. The zero-order chi connectivity index (χ0) is 16.3. The van der Waals surface area contributed by atoms with Crippen molar-refractivity contribution in [2.24, 2.45) is 17.8 Å². The molecule has 0 aliphatic carbocycles. The van der Waals surface area contributed by atoms with Crippen molar-refractivity contribution in [3.05, 3.63) is 0 Å². The van der Waals surface area contributed by atoms with E-state index in [-0.39, 0.29) is 11.8 Å². The first-order valence-corrected chi connectivity index (χ1v) is 10.8. The Hall–Kier alpha value is -0.843. The Labute approximate surface area is 123 Å². The molecular weight excluding hydrogens is 272 g/mol. The fourth-order valence-electron chi connectivity index (χ4n) is 3.16. The van der Waals surface area contributed by atoms with E-state index in [1.165, 1.54) is 0 Å². The van der Waals surface area contributed by atoms with Gasteiger partial charge in [-0.25, -0.2) is 0 Å². The number of carboxylic acids is 2. The molecule has 2 atom stereocenters. The molecule has 0 bridgehead atoms. The maximum absolute atomic E-state index is 12.1. The molecule has 0 aromatic heterocycles. The summed E-state index contributed by atoms with van der Waals surface area (Å²) in [4.78, 5) is 23.9. The van der Waals surface area contributed by atoms with Crippen LogP contribution in [0.4, 0.5) is 0 Å². The molecule has 20 heavy (non-hydrogen) atoms. The van der Waals surface area contributed by atoms with Gasteiger partial charge in [0.05, 0.1) is 19.0 Å². The minimum absolute atomic E-state index is 0.159. The van der Waals surface area contributed by atoms with Gasteiger partial charge in [0.15, 0.2) is 0 Å². The average molecular weight is 302 g/mol. The van der Waals surface area contributed by atoms with E-state index < -0.39 is 31.0 Å². The zero-order valence-electron chi connectivity index (χ0n) is 13.9. The van der Waals surface area contributed by atoms with Crippen molar-refractivity contribution in [3.63, 3.8) is 0 Å². The number of aliphatic carboxylic acids is 2. The van der Waals surface area contributed by atoms with Crippen molar-refractivity contribution in [1.82, 2.24) is 0 Å². The van der Waals surface area contributed by atoms with E-state index in [4.69, 9.17) is 0 Å². The van der Waals surface area contributed by atoms with Crippen molar-refractivity contribution in [1.29, 1.82) is 0 Å². The summed E-state index contributed by atoms with van der Waals surface area (Å²) in [5.41, 5.74) is 0. The van der Waals surface area contributed by atoms with Crippen LogP contribution in [0.15, 0.2) is 0 Å². The lowest BCUT2D eigenvalue weighted by Crippen LogP contribution is -2.53. The summed E-state index contributed by atoms with van der Waals surface area (Å²) >= 11 is 0. The van der Waals surface area contributed by atoms with Gasteiger partial charge in [0, 0.05) is 0 Å². The number of hydrogen-bond acceptors (Lipinski definition) is 2. The smallest absolute Gasteiger partial charge is 0.307 e. The van der Waals surface area contributed by atoms with Gasteiger partial charge in [0.2, 0.25) is 0 Å². The van der Waals surface area contributed by atoms with Crippen LogP contribution in [0.3, 0.4) is 0 Å². The van der Waals surface area contributed by atoms with Crippen LogP contribution >= 0.6 is 0 Å². The van der Waals surface area contributed by atoms with E-state index in [0.29, 0.717) is 12.8 Å². The monoisotopic (exact) mass is 302 g/mol. The Balaban J connectivity index is 6.03. The van der Waals surface area contributed by atoms with Gasteiger partial charge in [0.25, 0.3) is 0 Å². The van der Waals surface area contributed by atoms with E-state index in [2.05, 4.69) is 0 Å². The van der Waals surface area contributed by atoms with Crippen LogP contribution in [0.1, 0.15) is 40.5 Å². The Morgan fingerprint density at radius 3 is 1.65 bits per heavy atom. The molecular formula is C15H30O4Si. The van der Waals surface area contributed by atoms with Gasteiger partial charge in [-0.1, -0.05) is 47.3 Å². The molecule has 0 saturated carbocycles. The van der Waals surface area contributed by atoms with Gasteiger partial charge in [-0.2, -0.15) is 0 Å². The highest BCUT2D eigenvalue weighted by Gasteiger charge is 2.57. The molecule has 118 valence electrons. The Morgan fingerprint density at radius 1 is 1.00 bits per heavy atom. The molecule has 4 nitrogen and oxygen atoms in total. The van der Waals surface area contributed by atoms with E-state index >= 15 is 0 Å². The Morgan fingerprint density at radius 2 is 1.45 bits per heavy atom. The van der Waals surface area contributed by atoms with Crippen LogP contribution in [-0.2, 0) is 9.59 Å². The Bertz CT molecular complexity index is 357. The molecule has 0 rings (SSSR count). The lowest BCUT2D eigenvalue weighted by molar-refractivity contribution is -0.154. The van der Waals surface area contributed by atoms with Gasteiger partial charge < -0.3 is 10.2 Å². The first kappa shape index (κ1) is 19.2. The number of carbonyl (C=O) groups is 2. The third-order valence-electron chi connectivity index (χ3n) is 4.05. The van der Waals surface area contributed by atoms with Crippen molar-refractivity contribution < 1.29 is 19.8 Å². The highest BCUT2D eigenvalue weighted by molar-refractivity contribution is 6.82. The predicted octanol–water partition coefficient (Wildman–Crippen LogP) is 3.94. The second-order valence-corrected chi connectivity index (χ2v) is 13.0. The van der Waals surface area contributed by atoms with Gasteiger partial charge in [-0.15, -0.1) is 0 Å². The van der Waals surface area contributed by atoms with Gasteiger partial charge in [0.1, 0.15) is 0 Å². The standard InChI is InChI=1S/C15H30O4Si/c1-10(2)8-12(13(16)17)15(14(18)19,9-11(3)4)20(5,6)7/h10-12H,8-9H2,1-7H3,(H,16,17)(H,18,19). The minimum Gasteiger partial charge on any atom is -0.481 e. The average Bonchev–Trinajstić information content (AvgIpc) is 2.19. The molecule has 0 heterocycles. The number of hydrogen-bond donors (Lipinski definition) is 2. The normalized spacial score (nSPS) is 17.1. The van der Waals surface area contributed by atoms with Crippen LogP contribution < -0.4 is 0 Å². The molecule has 0 saturated heterocycles. The first-order chi connectivity index (χ1) is 8.86. The molecule has 2 N–H and O–H groups in total. The number of carboxylic acid groups (broad SMARTS) is 2. The summed E-state index contributed by atoms with van der Waals surface area (Å²) in [5.74, 6) is -2.39. The van der Waals surface area contributed by atoms with Crippen LogP contribution in [0.2, 0.25) is 24.7 Å². The third-order valence-corrected chi connectivity index (χ3v) is 7.49. The summed E-state index contributed by atoms with van der Waals surface area (Å²) in [7, 11) is -2.24. The summed E-state index contributed by atoms with van der Waals surface area (Å²) in [6.07, 6.45) is 0.848. The third kappa shape index (κ3) is 4.07. The second-order valence-electron chi connectivity index (χ2n) is 7.64. The van der Waals surface area contributed by atoms with Crippen LogP contribution in [-0.4, -0.2) is 30.2 Å². The maximum atomic E-state index is 12.1. The van der Waals surface area contributed by atoms with Crippen LogP contribution in [0.5, 0.6) is 0 Å². The fourth-order valence-corrected chi connectivity index (χ4v) is 6.11. The van der Waals surface area contributed by atoms with E-state index in [1.54, 1.807) is 0 Å². The van der Waals surface area contributed by atoms with Gasteiger partial charge in [-0.05, 0) is 24.7 Å². The lowest BCUT2D eigenvalue weighted by atomic mass is 9.79. The number of rotatable bonds is 8. The van der Waals surface area contributed by atoms with Gasteiger partial charge in [-0.3, -0.25) is 9.59 Å². The highest BCUT2D eigenvalue weighted by Crippen LogP contribution is 2.52. The van der Waals surface area contributed by atoms with Gasteiger partial charge >= 0.3 is 11.9 Å². The zero-order valence-corrected chi connectivity index (χ0v) is 14.9. The highest BCUT2D eigenvalue weighted by atomic mass is 28.3. The SMILES string of the molecule is CC(C)CC(C(=O)O)C(CC(C)C)(C(=O)O)[Si](C)(C)C. The minimum atomic E-state index is -2.24. The van der Waals surface area contributed by atoms with E-state index in [9.17, 15) is 19.8 Å². The largest absolute Gasteiger partial charge is 0.481 e. The topological polar surface area (TPSA) is 74.6 Å². The maximum Gasteiger partial charge on any atom is 0.307 e. The van der Waals surface area contributed by atoms with Crippen molar-refractivity contribution in [2.75, 3.05) is 0 Å². The molecule has 0 spiro atoms. The fraction of sp³-hybridized carbons (Fsp3) is 0.867. The lowest BCUT2D eigenvalue weighted by Gasteiger charge is -2.45. The second kappa shape index (κ2) is 6.74. The molecule has 0 aromatic rings. The summed E-state index contributed by atoms with van der Waals surface area (Å²) < 4.78 is 0. The van der Waals surface area contributed by atoms with E-state index in [1.807, 2.05) is 47.3 Å². The summed E-state index contributed by atoms with van der Waals surface area (Å²) in [6.45, 7) is 13.7. The first-order valence-electron chi connectivity index (χ1n) is 7.32. The summed E-state index contributed by atoms with van der Waals surface area (Å²) in [6, 6.07) is 0. The van der Waals surface area contributed by atoms with E-state index in [0.717, 1.165) is 0 Å². The molecule has 5 heteroatoms. The molecule has 2 unspecified atom stereocenters. The van der Waals surface area contributed by atoms with Crippen LogP contribution in [0.25, 0.3) is 0 Å². The van der Waals surface area contributed by atoms with Crippen molar-refractivity contribution in [2.45, 2.75) is 65.2 Å². The van der Waals surface area contributed by atoms with Crippen LogP contribution in [0, 0.1) is 17.8 Å².